The van der Waals surface area contributed by atoms with Gasteiger partial charge in [0.05, 0.1) is 19.6 Å². The maximum absolute atomic E-state index is 12.8. The Kier molecular flexibility index (Phi) is 4.38. The molecule has 0 unspecified atom stereocenters. The van der Waals surface area contributed by atoms with Gasteiger partial charge >= 0.3 is 0 Å². The highest BCUT2D eigenvalue weighted by molar-refractivity contribution is 5.75. The van der Waals surface area contributed by atoms with Gasteiger partial charge in [0.1, 0.15) is 11.6 Å². The second kappa shape index (κ2) is 6.43. The van der Waals surface area contributed by atoms with Crippen LogP contribution >= 0.6 is 0 Å². The van der Waals surface area contributed by atoms with Gasteiger partial charge in [0.2, 0.25) is 5.91 Å². The zero-order valence-electron chi connectivity index (χ0n) is 9.97. The van der Waals surface area contributed by atoms with Crippen molar-refractivity contribution in [1.29, 1.82) is 0 Å². The summed E-state index contributed by atoms with van der Waals surface area (Å²) in [7, 11) is 0. The van der Waals surface area contributed by atoms with Crippen molar-refractivity contribution in [3.63, 3.8) is 0 Å². The van der Waals surface area contributed by atoms with Crippen LogP contribution in [-0.2, 0) is 11.3 Å². The average Bonchev–Trinajstić information content (AvgIpc) is 2.89. The zero-order chi connectivity index (χ0) is 13.5. The first-order chi connectivity index (χ1) is 9.24. The average molecular weight is 265 g/mol. The first-order valence-electron chi connectivity index (χ1n) is 5.61. The van der Waals surface area contributed by atoms with Crippen LogP contribution in [-0.4, -0.2) is 33.1 Å². The summed E-state index contributed by atoms with van der Waals surface area (Å²) in [5, 5.41) is 15.6. The number of nitrogens with zero attached hydrogens (tertiary/aromatic N) is 3. The lowest BCUT2D eigenvalue weighted by Crippen LogP contribution is -2.25. The summed E-state index contributed by atoms with van der Waals surface area (Å²) in [4.78, 5) is 11.4. The number of tetrazole rings is 1. The highest BCUT2D eigenvalue weighted by atomic mass is 19.1. The van der Waals surface area contributed by atoms with Crippen molar-refractivity contribution in [2.75, 3.05) is 6.61 Å². The number of aromatic amines is 1. The minimum Gasteiger partial charge on any atom is -0.493 e. The number of ether oxygens (including phenoxy) is 1. The fourth-order valence-corrected chi connectivity index (χ4v) is 1.34. The normalized spacial score (nSPS) is 10.2. The van der Waals surface area contributed by atoms with Crippen LogP contribution in [0.25, 0.3) is 0 Å². The molecule has 7 nitrogen and oxygen atoms in total. The maximum Gasteiger partial charge on any atom is 0.223 e. The van der Waals surface area contributed by atoms with E-state index in [1.807, 2.05) is 0 Å². The van der Waals surface area contributed by atoms with Crippen LogP contribution in [0, 0.1) is 5.82 Å². The molecule has 0 atom stereocenters. The van der Waals surface area contributed by atoms with Crippen molar-refractivity contribution in [3.05, 3.63) is 35.9 Å². The predicted octanol–water partition coefficient (Wildman–Crippen LogP) is 0.424. The molecule has 1 amide bonds. The lowest BCUT2D eigenvalue weighted by atomic mass is 10.3. The summed E-state index contributed by atoms with van der Waals surface area (Å²) in [6.07, 6.45) is 0.161. The van der Waals surface area contributed by atoms with E-state index < -0.39 is 0 Å². The van der Waals surface area contributed by atoms with Gasteiger partial charge in [0.25, 0.3) is 0 Å². The molecule has 1 aromatic heterocycles. The van der Waals surface area contributed by atoms with Gasteiger partial charge in [-0.1, -0.05) is 11.3 Å². The number of rotatable bonds is 6. The summed E-state index contributed by atoms with van der Waals surface area (Å²) in [6, 6.07) is 5.75. The van der Waals surface area contributed by atoms with Crippen molar-refractivity contribution >= 4 is 5.91 Å². The Morgan fingerprint density at radius 1 is 1.47 bits per heavy atom. The van der Waals surface area contributed by atoms with Crippen LogP contribution in [0.2, 0.25) is 0 Å². The predicted molar refractivity (Wildman–Crippen MR) is 62.5 cm³/mol. The third-order valence-corrected chi connectivity index (χ3v) is 2.23. The topological polar surface area (TPSA) is 92.8 Å². The van der Waals surface area contributed by atoms with E-state index in [0.29, 0.717) is 11.6 Å². The molecule has 0 aliphatic carbocycles. The van der Waals surface area contributed by atoms with E-state index in [1.165, 1.54) is 12.1 Å². The van der Waals surface area contributed by atoms with Crippen LogP contribution in [0.5, 0.6) is 5.75 Å². The highest BCUT2D eigenvalue weighted by Crippen LogP contribution is 2.11. The number of aromatic nitrogens is 4. The van der Waals surface area contributed by atoms with Gasteiger partial charge in [0.15, 0.2) is 5.82 Å². The molecule has 0 saturated heterocycles. The van der Waals surface area contributed by atoms with E-state index in [0.717, 1.165) is 0 Å². The van der Waals surface area contributed by atoms with Gasteiger partial charge in [-0.05, 0) is 12.1 Å². The number of amides is 1. The molecule has 2 rings (SSSR count). The molecule has 1 aromatic carbocycles. The molecular formula is C11H12FN5O2. The van der Waals surface area contributed by atoms with Crippen molar-refractivity contribution in [3.8, 4) is 5.75 Å². The molecule has 0 radical (unpaired) electrons. The maximum atomic E-state index is 12.8. The fraction of sp³-hybridized carbons (Fsp3) is 0.273. The minimum absolute atomic E-state index is 0.161. The van der Waals surface area contributed by atoms with Crippen LogP contribution < -0.4 is 10.1 Å². The van der Waals surface area contributed by atoms with Crippen molar-refractivity contribution in [1.82, 2.24) is 25.9 Å². The molecule has 0 fully saturated rings. The summed E-state index contributed by atoms with van der Waals surface area (Å²) >= 11 is 0. The first kappa shape index (κ1) is 12.9. The Bertz CT molecular complexity index is 532. The Labute approximate surface area is 108 Å². The van der Waals surface area contributed by atoms with Crippen LogP contribution in [0.15, 0.2) is 24.3 Å². The molecule has 0 aliphatic rings. The summed E-state index contributed by atoms with van der Waals surface area (Å²) in [6.45, 7) is 0.372. The number of H-pyrrole nitrogens is 1. The number of hydrogen-bond acceptors (Lipinski definition) is 5. The SMILES string of the molecule is O=C(CCOc1cccc(F)c1)NCc1nn[nH]n1. The Morgan fingerprint density at radius 2 is 2.37 bits per heavy atom. The van der Waals surface area contributed by atoms with E-state index in [1.54, 1.807) is 12.1 Å². The third kappa shape index (κ3) is 4.34. The number of carbonyl (C=O) groups is 1. The monoisotopic (exact) mass is 265 g/mol. The largest absolute Gasteiger partial charge is 0.493 e. The molecule has 2 N–H and O–H groups in total. The van der Waals surface area contributed by atoms with Gasteiger partial charge in [-0.15, -0.1) is 10.2 Å². The molecule has 19 heavy (non-hydrogen) atoms. The van der Waals surface area contributed by atoms with E-state index in [4.69, 9.17) is 4.74 Å². The van der Waals surface area contributed by atoms with Gasteiger partial charge in [0, 0.05) is 6.07 Å². The number of halogens is 1. The number of carbonyl (C=O) groups excluding carboxylic acids is 1. The second-order valence-corrected chi connectivity index (χ2v) is 3.66. The molecule has 0 saturated carbocycles. The molecule has 8 heteroatoms. The number of hydrogen-bond donors (Lipinski definition) is 2. The van der Waals surface area contributed by atoms with Crippen molar-refractivity contribution in [2.24, 2.45) is 0 Å². The lowest BCUT2D eigenvalue weighted by Gasteiger charge is -2.06. The number of benzene rings is 1. The lowest BCUT2D eigenvalue weighted by molar-refractivity contribution is -0.121. The molecule has 0 spiro atoms. The second-order valence-electron chi connectivity index (χ2n) is 3.66. The number of nitrogens with one attached hydrogen (secondary N) is 2. The molecule has 0 bridgehead atoms. The van der Waals surface area contributed by atoms with Crippen LogP contribution in [0.1, 0.15) is 12.2 Å². The quantitative estimate of drug-likeness (QED) is 0.789. The Balaban J connectivity index is 1.66. The molecule has 2 aromatic rings. The minimum atomic E-state index is -0.376. The fourth-order valence-electron chi connectivity index (χ4n) is 1.34. The molecule has 0 aliphatic heterocycles. The Morgan fingerprint density at radius 3 is 3.11 bits per heavy atom. The van der Waals surface area contributed by atoms with Gasteiger partial charge in [-0.25, -0.2) is 4.39 Å². The standard InChI is InChI=1S/C11H12FN5O2/c12-8-2-1-3-9(6-8)19-5-4-11(18)13-7-10-14-16-17-15-10/h1-3,6H,4-5,7H2,(H,13,18)(H,14,15,16,17). The van der Waals surface area contributed by atoms with Gasteiger partial charge in [-0.3, -0.25) is 4.79 Å². The molecule has 100 valence electrons. The van der Waals surface area contributed by atoms with Crippen molar-refractivity contribution < 1.29 is 13.9 Å². The van der Waals surface area contributed by atoms with Crippen molar-refractivity contribution in [2.45, 2.75) is 13.0 Å². The summed E-state index contributed by atoms with van der Waals surface area (Å²) in [5.41, 5.74) is 0. The Hall–Kier alpha value is -2.51. The molecular weight excluding hydrogens is 253 g/mol. The van der Waals surface area contributed by atoms with Crippen LogP contribution in [0.3, 0.4) is 0 Å². The van der Waals surface area contributed by atoms with E-state index in [2.05, 4.69) is 25.9 Å². The first-order valence-corrected chi connectivity index (χ1v) is 5.61. The zero-order valence-corrected chi connectivity index (χ0v) is 9.97. The van der Waals surface area contributed by atoms with Crippen LogP contribution in [0.4, 0.5) is 4.39 Å². The van der Waals surface area contributed by atoms with E-state index >= 15 is 0 Å². The van der Waals surface area contributed by atoms with Gasteiger partial charge in [-0.2, -0.15) is 5.21 Å². The summed E-state index contributed by atoms with van der Waals surface area (Å²) in [5.74, 6) is 0.214. The third-order valence-electron chi connectivity index (χ3n) is 2.23. The van der Waals surface area contributed by atoms with E-state index in [9.17, 15) is 9.18 Å². The van der Waals surface area contributed by atoms with E-state index in [-0.39, 0.29) is 31.3 Å². The molecule has 1 heterocycles. The van der Waals surface area contributed by atoms with Gasteiger partial charge < -0.3 is 10.1 Å². The smallest absolute Gasteiger partial charge is 0.223 e. The highest BCUT2D eigenvalue weighted by Gasteiger charge is 2.04. The summed E-state index contributed by atoms with van der Waals surface area (Å²) < 4.78 is 18.1.